The first kappa shape index (κ1) is 17.9. The smallest absolute Gasteiger partial charge is 0.251 e. The highest BCUT2D eigenvalue weighted by molar-refractivity contribution is 7.92. The number of hydrogen-bond donors (Lipinski definition) is 2. The molecule has 1 amide bonds. The highest BCUT2D eigenvalue weighted by Gasteiger charge is 2.14. The van der Waals surface area contributed by atoms with Crippen molar-refractivity contribution in [2.24, 2.45) is 0 Å². The highest BCUT2D eigenvalue weighted by Crippen LogP contribution is 2.15. The minimum atomic E-state index is -3.38. The van der Waals surface area contributed by atoms with Crippen molar-refractivity contribution in [2.75, 3.05) is 10.5 Å². The molecule has 1 aromatic carbocycles. The van der Waals surface area contributed by atoms with Crippen LogP contribution in [0.4, 0.5) is 5.69 Å². The lowest BCUT2D eigenvalue weighted by molar-refractivity contribution is 0.0939. The molecule has 2 aromatic rings. The summed E-state index contributed by atoms with van der Waals surface area (Å²) in [6.07, 6.45) is 2.19. The second kappa shape index (κ2) is 7.92. The first-order valence-corrected chi connectivity index (χ1v) is 9.39. The number of nitrogens with one attached hydrogen (secondary N) is 2. The molecule has 0 aliphatic heterocycles. The van der Waals surface area contributed by atoms with Gasteiger partial charge in [0.05, 0.1) is 17.5 Å². The number of anilines is 1. The van der Waals surface area contributed by atoms with Gasteiger partial charge in [0.1, 0.15) is 0 Å². The summed E-state index contributed by atoms with van der Waals surface area (Å²) in [6.45, 7) is 3.64. The number of hydrogen-bond acceptors (Lipinski definition) is 4. The summed E-state index contributed by atoms with van der Waals surface area (Å²) in [4.78, 5) is 16.6. The molecule has 1 heterocycles. The van der Waals surface area contributed by atoms with Crippen molar-refractivity contribution in [1.82, 2.24) is 10.3 Å². The van der Waals surface area contributed by atoms with Gasteiger partial charge in [-0.05, 0) is 43.7 Å². The minimum Gasteiger partial charge on any atom is -0.344 e. The van der Waals surface area contributed by atoms with Gasteiger partial charge in [0.2, 0.25) is 10.0 Å². The third kappa shape index (κ3) is 5.06. The lowest BCUT2D eigenvalue weighted by Crippen LogP contribution is -2.27. The van der Waals surface area contributed by atoms with Gasteiger partial charge < -0.3 is 5.32 Å². The van der Waals surface area contributed by atoms with Crippen molar-refractivity contribution in [3.63, 3.8) is 0 Å². The van der Waals surface area contributed by atoms with E-state index in [1.165, 1.54) is 6.07 Å². The fourth-order valence-electron chi connectivity index (χ4n) is 2.21. The summed E-state index contributed by atoms with van der Waals surface area (Å²) in [5, 5.41) is 2.85. The van der Waals surface area contributed by atoms with E-state index in [1.54, 1.807) is 31.3 Å². The Labute approximate surface area is 142 Å². The van der Waals surface area contributed by atoms with Crippen molar-refractivity contribution in [3.05, 3.63) is 59.9 Å². The van der Waals surface area contributed by atoms with E-state index in [4.69, 9.17) is 0 Å². The Morgan fingerprint density at radius 3 is 2.67 bits per heavy atom. The van der Waals surface area contributed by atoms with Crippen molar-refractivity contribution in [1.29, 1.82) is 0 Å². The minimum absolute atomic E-state index is 0.0418. The number of carbonyl (C=O) groups excluding carboxylic acids is 1. The maximum Gasteiger partial charge on any atom is 0.251 e. The van der Waals surface area contributed by atoms with E-state index >= 15 is 0 Å². The molecule has 6 nitrogen and oxygen atoms in total. The van der Waals surface area contributed by atoms with E-state index in [9.17, 15) is 13.2 Å². The predicted octanol–water partition coefficient (Wildman–Crippen LogP) is 2.72. The van der Waals surface area contributed by atoms with Gasteiger partial charge in [-0.2, -0.15) is 0 Å². The van der Waals surface area contributed by atoms with Gasteiger partial charge in [0, 0.05) is 17.4 Å². The molecule has 7 heteroatoms. The molecule has 2 rings (SSSR count). The van der Waals surface area contributed by atoms with Crippen LogP contribution in [0.2, 0.25) is 0 Å². The normalized spacial score (nSPS) is 12.4. The van der Waals surface area contributed by atoms with Gasteiger partial charge in [-0.15, -0.1) is 0 Å². The van der Waals surface area contributed by atoms with Crippen molar-refractivity contribution in [2.45, 2.75) is 26.3 Å². The number of amides is 1. The Hall–Kier alpha value is -2.41. The van der Waals surface area contributed by atoms with E-state index in [2.05, 4.69) is 15.0 Å². The maximum atomic E-state index is 12.4. The zero-order valence-electron chi connectivity index (χ0n) is 13.7. The number of nitrogens with zero attached hydrogens (tertiary/aromatic N) is 1. The number of benzene rings is 1. The molecule has 1 unspecified atom stereocenters. The Kier molecular flexibility index (Phi) is 5.92. The standard InChI is InChI=1S/C17H21N3O3S/c1-3-11-24(22,23)20-15-8-6-7-14(12-15)17(21)19-13(2)16-9-4-5-10-18-16/h4-10,12-13,20H,3,11H2,1-2H3,(H,19,21). The van der Waals surface area contributed by atoms with E-state index in [0.29, 0.717) is 17.7 Å². The summed E-state index contributed by atoms with van der Waals surface area (Å²) in [5.41, 5.74) is 1.52. The third-order valence-corrected chi connectivity index (χ3v) is 4.84. The zero-order valence-corrected chi connectivity index (χ0v) is 14.5. The van der Waals surface area contributed by atoms with Gasteiger partial charge in [-0.1, -0.05) is 19.1 Å². The van der Waals surface area contributed by atoms with Crippen LogP contribution in [0.3, 0.4) is 0 Å². The van der Waals surface area contributed by atoms with E-state index in [1.807, 2.05) is 25.1 Å². The SMILES string of the molecule is CCCS(=O)(=O)Nc1cccc(C(=O)NC(C)c2ccccn2)c1. The molecule has 0 bridgehead atoms. The Bertz CT molecular complexity index is 792. The van der Waals surface area contributed by atoms with Crippen molar-refractivity contribution in [3.8, 4) is 0 Å². The van der Waals surface area contributed by atoms with Crippen molar-refractivity contribution >= 4 is 21.6 Å². The lowest BCUT2D eigenvalue weighted by atomic mass is 10.1. The van der Waals surface area contributed by atoms with Gasteiger partial charge in [0.15, 0.2) is 0 Å². The van der Waals surface area contributed by atoms with Crippen LogP contribution in [0.15, 0.2) is 48.7 Å². The van der Waals surface area contributed by atoms with Gasteiger partial charge in [0.25, 0.3) is 5.91 Å². The third-order valence-electron chi connectivity index (χ3n) is 3.35. The Morgan fingerprint density at radius 2 is 2.00 bits per heavy atom. The zero-order chi connectivity index (χ0) is 17.6. The largest absolute Gasteiger partial charge is 0.344 e. The molecule has 0 aliphatic rings. The van der Waals surface area contributed by atoms with Crippen LogP contribution in [0.1, 0.15) is 42.4 Å². The highest BCUT2D eigenvalue weighted by atomic mass is 32.2. The molecular weight excluding hydrogens is 326 g/mol. The quantitative estimate of drug-likeness (QED) is 0.806. The van der Waals surface area contributed by atoms with E-state index < -0.39 is 10.0 Å². The summed E-state index contributed by atoms with van der Waals surface area (Å²) in [5.74, 6) is -0.246. The fraction of sp³-hybridized carbons (Fsp3) is 0.294. The second-order valence-corrected chi connectivity index (χ2v) is 7.29. The van der Waals surface area contributed by atoms with Crippen LogP contribution < -0.4 is 10.0 Å². The molecule has 1 aromatic heterocycles. The number of rotatable bonds is 7. The Morgan fingerprint density at radius 1 is 1.21 bits per heavy atom. The monoisotopic (exact) mass is 347 g/mol. The number of pyridine rings is 1. The number of carbonyl (C=O) groups is 1. The molecule has 0 saturated heterocycles. The molecule has 128 valence electrons. The average molecular weight is 347 g/mol. The molecule has 1 atom stereocenters. The summed E-state index contributed by atoms with van der Waals surface area (Å²) in [6, 6.07) is 11.7. The summed E-state index contributed by atoms with van der Waals surface area (Å²) in [7, 11) is -3.38. The fourth-order valence-corrected chi connectivity index (χ4v) is 3.33. The van der Waals surface area contributed by atoms with Crippen LogP contribution >= 0.6 is 0 Å². The van der Waals surface area contributed by atoms with Gasteiger partial charge in [-0.25, -0.2) is 8.42 Å². The number of aromatic nitrogens is 1. The van der Waals surface area contributed by atoms with Gasteiger partial charge in [-0.3, -0.25) is 14.5 Å². The molecule has 0 radical (unpaired) electrons. The van der Waals surface area contributed by atoms with Crippen LogP contribution in [-0.2, 0) is 10.0 Å². The molecule has 0 saturated carbocycles. The van der Waals surface area contributed by atoms with Crippen molar-refractivity contribution < 1.29 is 13.2 Å². The molecule has 24 heavy (non-hydrogen) atoms. The van der Waals surface area contributed by atoms with E-state index in [-0.39, 0.29) is 17.7 Å². The van der Waals surface area contributed by atoms with Crippen LogP contribution in [0.5, 0.6) is 0 Å². The second-order valence-electron chi connectivity index (χ2n) is 5.45. The van der Waals surface area contributed by atoms with Gasteiger partial charge >= 0.3 is 0 Å². The van der Waals surface area contributed by atoms with Crippen LogP contribution in [0, 0.1) is 0 Å². The molecular formula is C17H21N3O3S. The van der Waals surface area contributed by atoms with Crippen LogP contribution in [0.25, 0.3) is 0 Å². The summed E-state index contributed by atoms with van der Waals surface area (Å²) < 4.78 is 26.1. The maximum absolute atomic E-state index is 12.4. The molecule has 0 fully saturated rings. The first-order valence-electron chi connectivity index (χ1n) is 7.73. The predicted molar refractivity (Wildman–Crippen MR) is 94.3 cm³/mol. The lowest BCUT2D eigenvalue weighted by Gasteiger charge is -2.14. The molecule has 0 aliphatic carbocycles. The van der Waals surface area contributed by atoms with E-state index in [0.717, 1.165) is 5.69 Å². The topological polar surface area (TPSA) is 88.2 Å². The molecule has 0 spiro atoms. The summed E-state index contributed by atoms with van der Waals surface area (Å²) >= 11 is 0. The first-order chi connectivity index (χ1) is 11.4. The molecule has 2 N–H and O–H groups in total. The Balaban J connectivity index is 2.09. The van der Waals surface area contributed by atoms with Crippen LogP contribution in [-0.4, -0.2) is 25.1 Å². The average Bonchev–Trinajstić information content (AvgIpc) is 2.55. The number of sulfonamides is 1.